The van der Waals surface area contributed by atoms with E-state index in [1.807, 2.05) is 5.38 Å². The van der Waals surface area contributed by atoms with Crippen molar-refractivity contribution >= 4 is 27.5 Å². The molecule has 98 valence electrons. The minimum Gasteiger partial charge on any atom is -0.375 e. The number of aromatic nitrogens is 3. The summed E-state index contributed by atoms with van der Waals surface area (Å²) in [4.78, 5) is 12.2. The Morgan fingerprint density at radius 2 is 2.16 bits per heavy atom. The predicted octanol–water partition coefficient (Wildman–Crippen LogP) is 3.09. The number of nitrogens with zero attached hydrogens (tertiary/aromatic N) is 2. The molecule has 0 atom stereocenters. The summed E-state index contributed by atoms with van der Waals surface area (Å²) in [6.07, 6.45) is 2.91. The van der Waals surface area contributed by atoms with E-state index in [1.54, 1.807) is 0 Å². The zero-order chi connectivity index (χ0) is 13.2. The molecule has 3 N–H and O–H groups in total. The third-order valence-electron chi connectivity index (χ3n) is 3.10. The molecule has 0 radical (unpaired) electrons. The van der Waals surface area contributed by atoms with Gasteiger partial charge in [0.25, 0.3) is 0 Å². The Kier molecular flexibility index (Phi) is 3.21. The molecule has 2 aromatic heterocycles. The van der Waals surface area contributed by atoms with Crippen molar-refractivity contribution in [2.75, 3.05) is 5.73 Å². The minimum absolute atomic E-state index is 0.647. The average molecular weight is 272 g/mol. The summed E-state index contributed by atoms with van der Waals surface area (Å²) in [5.41, 5.74) is 10.1. The maximum atomic E-state index is 5.62. The number of aromatic amines is 1. The van der Waals surface area contributed by atoms with Crippen LogP contribution < -0.4 is 5.73 Å². The quantitative estimate of drug-likeness (QED) is 0.767. The van der Waals surface area contributed by atoms with E-state index < -0.39 is 0 Å². The number of fused-ring (bicyclic) bond motifs is 1. The first kappa shape index (κ1) is 12.2. The fraction of sp³-hybridized carbons (Fsp3) is 0.286. The number of benzene rings is 1. The first-order valence-corrected chi connectivity index (χ1v) is 7.24. The summed E-state index contributed by atoms with van der Waals surface area (Å²) >= 11 is 1.50. The highest BCUT2D eigenvalue weighted by atomic mass is 32.1. The average Bonchev–Trinajstić information content (AvgIpc) is 2.95. The van der Waals surface area contributed by atoms with Crippen molar-refractivity contribution in [3.63, 3.8) is 0 Å². The molecule has 0 bridgehead atoms. The number of anilines is 1. The molecular formula is C14H16N4S. The van der Waals surface area contributed by atoms with Gasteiger partial charge in [-0.05, 0) is 37.5 Å². The fourth-order valence-corrected chi connectivity index (χ4v) is 2.77. The molecule has 0 aliphatic rings. The molecular weight excluding hydrogens is 256 g/mol. The lowest BCUT2D eigenvalue weighted by Crippen LogP contribution is -1.93. The summed E-state index contributed by atoms with van der Waals surface area (Å²) in [6, 6.07) is 6.28. The fourth-order valence-electron chi connectivity index (χ4n) is 2.17. The van der Waals surface area contributed by atoms with Crippen LogP contribution in [0.1, 0.15) is 23.5 Å². The van der Waals surface area contributed by atoms with Crippen LogP contribution in [-0.2, 0) is 12.8 Å². The van der Waals surface area contributed by atoms with Gasteiger partial charge in [-0.3, -0.25) is 0 Å². The minimum atomic E-state index is 0.647. The molecule has 3 aromatic rings. The third-order valence-corrected chi connectivity index (χ3v) is 3.83. The van der Waals surface area contributed by atoms with Crippen molar-refractivity contribution in [2.45, 2.75) is 26.2 Å². The number of rotatable bonds is 4. The highest BCUT2D eigenvalue weighted by Crippen LogP contribution is 2.16. The standard InChI is InChI=1S/C14H16N4S/c1-9-5-6-11-12(7-9)18-13(17-11)4-2-3-10-8-19-14(15)16-10/h5-8H,2-4H2,1H3,(H2,15,16)(H,17,18). The van der Waals surface area contributed by atoms with E-state index in [2.05, 4.69) is 40.1 Å². The van der Waals surface area contributed by atoms with Crippen LogP contribution in [0.2, 0.25) is 0 Å². The number of imidazole rings is 1. The lowest BCUT2D eigenvalue weighted by Gasteiger charge is -1.95. The molecule has 0 saturated heterocycles. The highest BCUT2D eigenvalue weighted by molar-refractivity contribution is 7.13. The summed E-state index contributed by atoms with van der Waals surface area (Å²) < 4.78 is 0. The molecule has 0 amide bonds. The van der Waals surface area contributed by atoms with E-state index in [-0.39, 0.29) is 0 Å². The van der Waals surface area contributed by atoms with Crippen LogP contribution in [0.3, 0.4) is 0 Å². The molecule has 2 heterocycles. The van der Waals surface area contributed by atoms with Crippen molar-refractivity contribution in [1.29, 1.82) is 0 Å². The van der Waals surface area contributed by atoms with Crippen LogP contribution in [-0.4, -0.2) is 15.0 Å². The van der Waals surface area contributed by atoms with Gasteiger partial charge in [0.05, 0.1) is 16.7 Å². The summed E-state index contributed by atoms with van der Waals surface area (Å²) in [5, 5.41) is 2.67. The van der Waals surface area contributed by atoms with Gasteiger partial charge in [0.15, 0.2) is 5.13 Å². The van der Waals surface area contributed by atoms with Gasteiger partial charge in [-0.2, -0.15) is 0 Å². The Morgan fingerprint density at radius 1 is 1.26 bits per heavy atom. The van der Waals surface area contributed by atoms with Gasteiger partial charge in [-0.15, -0.1) is 11.3 Å². The first-order valence-electron chi connectivity index (χ1n) is 6.36. The van der Waals surface area contributed by atoms with E-state index in [0.717, 1.165) is 41.8 Å². The summed E-state index contributed by atoms with van der Waals surface area (Å²) in [5.74, 6) is 1.05. The number of nitrogen functional groups attached to an aromatic ring is 1. The molecule has 0 fully saturated rings. The van der Waals surface area contributed by atoms with Crippen molar-refractivity contribution in [3.8, 4) is 0 Å². The Balaban J connectivity index is 1.65. The van der Waals surface area contributed by atoms with Crippen LogP contribution in [0.5, 0.6) is 0 Å². The van der Waals surface area contributed by atoms with Gasteiger partial charge in [0.1, 0.15) is 5.82 Å². The van der Waals surface area contributed by atoms with Gasteiger partial charge >= 0.3 is 0 Å². The van der Waals surface area contributed by atoms with Crippen LogP contribution in [0.4, 0.5) is 5.13 Å². The number of thiazole rings is 1. The third kappa shape index (κ3) is 2.76. The number of aryl methyl sites for hydroxylation is 3. The zero-order valence-electron chi connectivity index (χ0n) is 10.8. The Hall–Kier alpha value is -1.88. The smallest absolute Gasteiger partial charge is 0.180 e. The molecule has 0 aliphatic heterocycles. The Bertz CT molecular complexity index is 698. The van der Waals surface area contributed by atoms with Crippen LogP contribution in [0.15, 0.2) is 23.6 Å². The van der Waals surface area contributed by atoms with Gasteiger partial charge < -0.3 is 10.7 Å². The number of H-pyrrole nitrogens is 1. The van der Waals surface area contributed by atoms with Gasteiger partial charge in [0.2, 0.25) is 0 Å². The van der Waals surface area contributed by atoms with Gasteiger partial charge in [-0.25, -0.2) is 9.97 Å². The molecule has 1 aromatic carbocycles. The van der Waals surface area contributed by atoms with E-state index in [4.69, 9.17) is 5.73 Å². The lowest BCUT2D eigenvalue weighted by atomic mass is 10.2. The summed E-state index contributed by atoms with van der Waals surface area (Å²) in [7, 11) is 0. The predicted molar refractivity (Wildman–Crippen MR) is 79.4 cm³/mol. The molecule has 0 saturated carbocycles. The molecule has 0 spiro atoms. The van der Waals surface area contributed by atoms with E-state index >= 15 is 0 Å². The van der Waals surface area contributed by atoms with Crippen molar-refractivity contribution in [2.24, 2.45) is 0 Å². The Morgan fingerprint density at radius 3 is 2.95 bits per heavy atom. The molecule has 4 nitrogen and oxygen atoms in total. The van der Waals surface area contributed by atoms with Gasteiger partial charge in [-0.1, -0.05) is 6.07 Å². The SMILES string of the molecule is Cc1ccc2nc(CCCc3csc(N)n3)[nH]c2c1. The van der Waals surface area contributed by atoms with Crippen molar-refractivity contribution in [3.05, 3.63) is 40.7 Å². The second-order valence-corrected chi connectivity index (χ2v) is 5.62. The largest absolute Gasteiger partial charge is 0.375 e. The first-order chi connectivity index (χ1) is 9.20. The monoisotopic (exact) mass is 272 g/mol. The number of nitrogens with two attached hydrogens (primary N) is 1. The van der Waals surface area contributed by atoms with Crippen LogP contribution in [0.25, 0.3) is 11.0 Å². The molecule has 19 heavy (non-hydrogen) atoms. The van der Waals surface area contributed by atoms with Gasteiger partial charge in [0, 0.05) is 11.8 Å². The maximum absolute atomic E-state index is 5.62. The van der Waals surface area contributed by atoms with Crippen molar-refractivity contribution in [1.82, 2.24) is 15.0 Å². The van der Waals surface area contributed by atoms with E-state index in [9.17, 15) is 0 Å². The number of hydrogen-bond acceptors (Lipinski definition) is 4. The van der Waals surface area contributed by atoms with E-state index in [1.165, 1.54) is 16.9 Å². The topological polar surface area (TPSA) is 67.6 Å². The highest BCUT2D eigenvalue weighted by Gasteiger charge is 2.04. The summed E-state index contributed by atoms with van der Waals surface area (Å²) in [6.45, 7) is 2.09. The molecule has 0 unspecified atom stereocenters. The maximum Gasteiger partial charge on any atom is 0.180 e. The lowest BCUT2D eigenvalue weighted by molar-refractivity contribution is 0.774. The molecule has 0 aliphatic carbocycles. The zero-order valence-corrected chi connectivity index (χ0v) is 11.6. The van der Waals surface area contributed by atoms with Crippen LogP contribution in [0, 0.1) is 6.92 Å². The second-order valence-electron chi connectivity index (χ2n) is 4.73. The second kappa shape index (κ2) is 5.01. The number of nitrogens with one attached hydrogen (secondary N) is 1. The molecule has 3 rings (SSSR count). The van der Waals surface area contributed by atoms with Crippen LogP contribution >= 0.6 is 11.3 Å². The Labute approximate surface area is 115 Å². The number of hydrogen-bond donors (Lipinski definition) is 2. The normalized spacial score (nSPS) is 11.2. The van der Waals surface area contributed by atoms with E-state index in [0.29, 0.717) is 5.13 Å². The molecule has 5 heteroatoms. The van der Waals surface area contributed by atoms with Crippen molar-refractivity contribution < 1.29 is 0 Å².